The van der Waals surface area contributed by atoms with E-state index >= 15 is 0 Å². The van der Waals surface area contributed by atoms with Crippen molar-refractivity contribution in [3.05, 3.63) is 65.2 Å². The fraction of sp³-hybridized carbons (Fsp3) is 0.227. The molecule has 0 saturated carbocycles. The highest BCUT2D eigenvalue weighted by molar-refractivity contribution is 7.15. The Morgan fingerprint density at radius 1 is 1.17 bits per heavy atom. The number of aromatic nitrogens is 1. The third kappa shape index (κ3) is 3.73. The van der Waals surface area contributed by atoms with E-state index in [2.05, 4.69) is 22.4 Å². The summed E-state index contributed by atoms with van der Waals surface area (Å²) < 4.78 is 10.7. The van der Waals surface area contributed by atoms with E-state index in [0.717, 1.165) is 11.3 Å². The van der Waals surface area contributed by atoms with Crippen molar-refractivity contribution in [1.29, 1.82) is 0 Å². The van der Waals surface area contributed by atoms with Gasteiger partial charge in [0, 0.05) is 42.2 Å². The summed E-state index contributed by atoms with van der Waals surface area (Å²) in [6.07, 6.45) is 2.72. The number of anilines is 2. The van der Waals surface area contributed by atoms with Crippen molar-refractivity contribution in [1.82, 2.24) is 4.98 Å². The van der Waals surface area contributed by atoms with Crippen LogP contribution in [0.4, 0.5) is 10.8 Å². The van der Waals surface area contributed by atoms with Crippen molar-refractivity contribution in [2.24, 2.45) is 5.92 Å². The monoisotopic (exact) mass is 421 g/mol. The van der Waals surface area contributed by atoms with Crippen LogP contribution in [-0.4, -0.2) is 30.1 Å². The van der Waals surface area contributed by atoms with E-state index in [4.69, 9.17) is 9.47 Å². The number of ether oxygens (including phenoxy) is 2. The molecule has 0 spiro atoms. The normalized spacial score (nSPS) is 17.4. The minimum atomic E-state index is -0.426. The summed E-state index contributed by atoms with van der Waals surface area (Å²) in [6.45, 7) is 0.504. The van der Waals surface area contributed by atoms with E-state index in [1.165, 1.54) is 16.9 Å². The maximum Gasteiger partial charge on any atom is 0.231 e. The first-order valence-corrected chi connectivity index (χ1v) is 10.5. The number of fused-ring (bicyclic) bond motifs is 1. The predicted molar refractivity (Wildman–Crippen MR) is 113 cm³/mol. The fourth-order valence-corrected chi connectivity index (χ4v) is 4.49. The number of benzene rings is 2. The topological polar surface area (TPSA) is 80.8 Å². The van der Waals surface area contributed by atoms with E-state index < -0.39 is 5.92 Å². The maximum absolute atomic E-state index is 12.7. The molecule has 1 N–H and O–H groups in total. The Hall–Kier alpha value is -3.39. The average molecular weight is 421 g/mol. The highest BCUT2D eigenvalue weighted by atomic mass is 32.1. The van der Waals surface area contributed by atoms with Crippen LogP contribution < -0.4 is 19.7 Å². The van der Waals surface area contributed by atoms with Crippen LogP contribution in [-0.2, 0) is 16.0 Å². The molecular weight excluding hydrogens is 402 g/mol. The minimum absolute atomic E-state index is 0.0853. The van der Waals surface area contributed by atoms with Gasteiger partial charge in [-0.25, -0.2) is 4.98 Å². The summed E-state index contributed by atoms with van der Waals surface area (Å²) in [5, 5.41) is 3.42. The van der Waals surface area contributed by atoms with Crippen LogP contribution >= 0.6 is 11.3 Å². The molecule has 1 unspecified atom stereocenters. The van der Waals surface area contributed by atoms with Crippen molar-refractivity contribution in [2.75, 3.05) is 23.6 Å². The molecule has 1 aromatic heterocycles. The number of rotatable bonds is 5. The van der Waals surface area contributed by atoms with Gasteiger partial charge in [-0.3, -0.25) is 9.59 Å². The minimum Gasteiger partial charge on any atom is -0.454 e. The summed E-state index contributed by atoms with van der Waals surface area (Å²) in [7, 11) is 0. The molecule has 1 saturated heterocycles. The SMILES string of the molecule is O=C(Nc1ncc(Cc2ccccc2)s1)C1CC(=O)N(c2ccc3c(c2)OCO3)C1. The van der Waals surface area contributed by atoms with Crippen molar-refractivity contribution in [3.63, 3.8) is 0 Å². The standard InChI is InChI=1S/C22H19N3O4S/c26-20-9-15(12-25(20)16-6-7-18-19(10-16)29-13-28-18)21(27)24-22-23-11-17(30-22)8-14-4-2-1-3-5-14/h1-7,10-11,15H,8-9,12-13H2,(H,23,24,27). The number of carbonyl (C=O) groups is 2. The second-order valence-electron chi connectivity index (χ2n) is 7.23. The van der Waals surface area contributed by atoms with Crippen LogP contribution in [0.3, 0.4) is 0 Å². The van der Waals surface area contributed by atoms with E-state index in [1.807, 2.05) is 24.3 Å². The van der Waals surface area contributed by atoms with Crippen LogP contribution in [0.15, 0.2) is 54.7 Å². The second-order valence-corrected chi connectivity index (χ2v) is 8.34. The summed E-state index contributed by atoms with van der Waals surface area (Å²) in [5.74, 6) is 0.575. The molecule has 152 valence electrons. The van der Waals surface area contributed by atoms with Crippen LogP contribution in [0, 0.1) is 5.92 Å². The average Bonchev–Trinajstić information content (AvgIpc) is 3.48. The molecule has 5 rings (SSSR count). The number of nitrogens with one attached hydrogen (secondary N) is 1. The van der Waals surface area contributed by atoms with Gasteiger partial charge in [0.2, 0.25) is 18.6 Å². The van der Waals surface area contributed by atoms with Crippen LogP contribution in [0.2, 0.25) is 0 Å². The summed E-state index contributed by atoms with van der Waals surface area (Å²) >= 11 is 1.45. The van der Waals surface area contributed by atoms with Crippen molar-refractivity contribution < 1.29 is 19.1 Å². The van der Waals surface area contributed by atoms with Crippen LogP contribution in [0.5, 0.6) is 11.5 Å². The van der Waals surface area contributed by atoms with E-state index in [0.29, 0.717) is 28.9 Å². The van der Waals surface area contributed by atoms with Crippen molar-refractivity contribution in [3.8, 4) is 11.5 Å². The molecule has 3 heterocycles. The van der Waals surface area contributed by atoms with Gasteiger partial charge in [0.1, 0.15) is 0 Å². The van der Waals surface area contributed by atoms with Crippen molar-refractivity contribution >= 4 is 34.0 Å². The van der Waals surface area contributed by atoms with E-state index in [1.54, 1.807) is 23.2 Å². The number of carbonyl (C=O) groups excluding carboxylic acids is 2. The Morgan fingerprint density at radius 2 is 2.00 bits per heavy atom. The van der Waals surface area contributed by atoms with Crippen LogP contribution in [0.25, 0.3) is 0 Å². The number of hydrogen-bond donors (Lipinski definition) is 1. The van der Waals surface area contributed by atoms with E-state index in [-0.39, 0.29) is 25.0 Å². The first-order valence-electron chi connectivity index (χ1n) is 9.65. The highest BCUT2D eigenvalue weighted by Gasteiger charge is 2.36. The highest BCUT2D eigenvalue weighted by Crippen LogP contribution is 2.37. The Labute approximate surface area is 177 Å². The molecule has 0 bridgehead atoms. The molecular formula is C22H19N3O4S. The maximum atomic E-state index is 12.7. The molecule has 2 amide bonds. The molecule has 2 aliphatic rings. The lowest BCUT2D eigenvalue weighted by atomic mass is 10.1. The first kappa shape index (κ1) is 18.6. The molecule has 1 atom stereocenters. The molecule has 7 nitrogen and oxygen atoms in total. The zero-order valence-corrected chi connectivity index (χ0v) is 16.9. The van der Waals surface area contributed by atoms with Gasteiger partial charge >= 0.3 is 0 Å². The summed E-state index contributed by atoms with van der Waals surface area (Å²) in [6, 6.07) is 15.5. The number of hydrogen-bond acceptors (Lipinski definition) is 6. The zero-order chi connectivity index (χ0) is 20.5. The molecule has 2 aliphatic heterocycles. The zero-order valence-electron chi connectivity index (χ0n) is 16.0. The molecule has 0 aliphatic carbocycles. The Morgan fingerprint density at radius 3 is 2.87 bits per heavy atom. The lowest BCUT2D eigenvalue weighted by Crippen LogP contribution is -2.28. The van der Waals surface area contributed by atoms with Gasteiger partial charge in [0.15, 0.2) is 16.6 Å². The number of amides is 2. The fourth-order valence-electron chi connectivity index (χ4n) is 3.64. The quantitative estimate of drug-likeness (QED) is 0.683. The lowest BCUT2D eigenvalue weighted by molar-refractivity contribution is -0.122. The third-order valence-electron chi connectivity index (χ3n) is 5.17. The van der Waals surface area contributed by atoms with Gasteiger partial charge in [0.25, 0.3) is 0 Å². The molecule has 30 heavy (non-hydrogen) atoms. The smallest absolute Gasteiger partial charge is 0.231 e. The Balaban J connectivity index is 1.22. The largest absolute Gasteiger partial charge is 0.454 e. The van der Waals surface area contributed by atoms with Gasteiger partial charge in [0.05, 0.1) is 5.92 Å². The van der Waals surface area contributed by atoms with Gasteiger partial charge in [-0.15, -0.1) is 11.3 Å². The Kier molecular flexibility index (Phi) is 4.84. The number of thiazole rings is 1. The second kappa shape index (κ2) is 7.79. The molecule has 0 radical (unpaired) electrons. The van der Waals surface area contributed by atoms with Crippen LogP contribution in [0.1, 0.15) is 16.9 Å². The lowest BCUT2D eigenvalue weighted by Gasteiger charge is -2.17. The summed E-state index contributed by atoms with van der Waals surface area (Å²) in [5.41, 5.74) is 1.90. The molecule has 3 aromatic rings. The van der Waals surface area contributed by atoms with Gasteiger partial charge in [-0.1, -0.05) is 30.3 Å². The molecule has 2 aromatic carbocycles. The van der Waals surface area contributed by atoms with Crippen molar-refractivity contribution in [2.45, 2.75) is 12.8 Å². The van der Waals surface area contributed by atoms with Gasteiger partial charge in [-0.05, 0) is 17.7 Å². The molecule has 8 heteroatoms. The third-order valence-corrected chi connectivity index (χ3v) is 6.08. The molecule has 1 fully saturated rings. The predicted octanol–water partition coefficient (Wildman–Crippen LogP) is 3.45. The van der Waals surface area contributed by atoms with E-state index in [9.17, 15) is 9.59 Å². The number of nitrogens with zero attached hydrogens (tertiary/aromatic N) is 2. The summed E-state index contributed by atoms with van der Waals surface area (Å²) in [4.78, 5) is 32.2. The van der Waals surface area contributed by atoms with Gasteiger partial charge in [-0.2, -0.15) is 0 Å². The first-order chi connectivity index (χ1) is 14.7. The van der Waals surface area contributed by atoms with Gasteiger partial charge < -0.3 is 19.7 Å². The Bertz CT molecular complexity index is 1100.